The summed E-state index contributed by atoms with van der Waals surface area (Å²) in [6.07, 6.45) is 0.826. The van der Waals surface area contributed by atoms with Crippen LogP contribution >= 0.6 is 7.37 Å². The van der Waals surface area contributed by atoms with E-state index in [2.05, 4.69) is 58.9 Å². The van der Waals surface area contributed by atoms with Crippen LogP contribution in [0.2, 0.25) is 5.04 Å². The Morgan fingerprint density at radius 2 is 1.43 bits per heavy atom. The van der Waals surface area contributed by atoms with E-state index in [1.54, 1.807) is 17.9 Å². The fourth-order valence-corrected chi connectivity index (χ4v) is 13.2. The molecule has 2 atom stereocenters. The van der Waals surface area contributed by atoms with Gasteiger partial charge in [-0.2, -0.15) is 0 Å². The van der Waals surface area contributed by atoms with Crippen LogP contribution in [0, 0.1) is 5.82 Å². The van der Waals surface area contributed by atoms with Crippen LogP contribution in [0.1, 0.15) is 58.2 Å². The predicted octanol–water partition coefficient (Wildman–Crippen LogP) is 9.57. The largest absolute Gasteiger partial charge is 0.469 e. The van der Waals surface area contributed by atoms with Gasteiger partial charge in [0.25, 0.3) is 8.32 Å². The zero-order chi connectivity index (χ0) is 36.8. The van der Waals surface area contributed by atoms with Crippen LogP contribution in [-0.4, -0.2) is 45.8 Å². The molecule has 1 heterocycles. The molecule has 0 aliphatic carbocycles. The number of esters is 1. The first-order valence-electron chi connectivity index (χ1n) is 17.2. The molecule has 0 radical (unpaired) electrons. The highest BCUT2D eigenvalue weighted by atomic mass is 31.2. The van der Waals surface area contributed by atoms with Crippen LogP contribution in [-0.2, 0) is 23.0 Å². The van der Waals surface area contributed by atoms with Gasteiger partial charge in [-0.05, 0) is 51.2 Å². The van der Waals surface area contributed by atoms with Gasteiger partial charge in [-0.3, -0.25) is 14.3 Å². The number of methoxy groups -OCH3 is 1. The Kier molecular flexibility index (Phi) is 11.9. The third-order valence-electron chi connectivity index (χ3n) is 9.26. The van der Waals surface area contributed by atoms with Crippen LogP contribution in [0.25, 0.3) is 28.1 Å². The first-order chi connectivity index (χ1) is 24.3. The van der Waals surface area contributed by atoms with Gasteiger partial charge in [-0.15, -0.1) is 0 Å². The number of carbonyl (C=O) groups excluding carboxylic acids is 1. The second kappa shape index (κ2) is 16.0. The van der Waals surface area contributed by atoms with E-state index in [0.717, 1.165) is 43.7 Å². The molecule has 266 valence electrons. The Morgan fingerprint density at radius 1 is 0.863 bits per heavy atom. The van der Waals surface area contributed by atoms with Gasteiger partial charge in [0.2, 0.25) is 7.37 Å². The molecule has 0 spiro atoms. The Bertz CT molecular complexity index is 1990. The van der Waals surface area contributed by atoms with Gasteiger partial charge in [0.1, 0.15) is 5.82 Å². The van der Waals surface area contributed by atoms with Crippen molar-refractivity contribution in [3.63, 3.8) is 0 Å². The number of fused-ring (bicyclic) bond motifs is 1. The molecule has 0 amide bonds. The summed E-state index contributed by atoms with van der Waals surface area (Å²) in [4.78, 5) is 18.0. The Morgan fingerprint density at radius 3 is 1.96 bits per heavy atom. The lowest BCUT2D eigenvalue weighted by Crippen LogP contribution is -2.68. The molecular weight excluding hydrogens is 677 g/mol. The summed E-state index contributed by atoms with van der Waals surface area (Å²) in [6, 6.07) is 34.4. The fourth-order valence-electron chi connectivity index (χ4n) is 6.80. The van der Waals surface area contributed by atoms with E-state index < -0.39 is 27.8 Å². The minimum atomic E-state index is -3.62. The number of benzene rings is 4. The molecule has 51 heavy (non-hydrogen) atoms. The summed E-state index contributed by atoms with van der Waals surface area (Å²) in [5.74, 6) is 0.820. The minimum Gasteiger partial charge on any atom is -0.469 e. The van der Waals surface area contributed by atoms with Crippen LogP contribution in [0.4, 0.5) is 4.39 Å². The average Bonchev–Trinajstić information content (AvgIpc) is 3.12. The molecular formula is C42H47FNO5PSi. The number of para-hydroxylation sites is 1. The maximum Gasteiger partial charge on any atom is 0.308 e. The summed E-state index contributed by atoms with van der Waals surface area (Å²) >= 11 is 0. The third kappa shape index (κ3) is 8.31. The molecule has 0 aliphatic heterocycles. The lowest BCUT2D eigenvalue weighted by Gasteiger charge is -2.45. The van der Waals surface area contributed by atoms with E-state index in [1.807, 2.05) is 66.7 Å². The molecule has 0 bridgehead atoms. The SMILES string of the molecule is COC(=O)C[C@@H](CP(=O)(/C=C/c1c(C(C)C)nc2ccccc2c1-c1ccc(F)cc1)OC)O[Si](c1ccccc1)(c1ccccc1)C(C)(C)C. The zero-order valence-electron chi connectivity index (χ0n) is 30.4. The molecule has 6 nitrogen and oxygen atoms in total. The monoisotopic (exact) mass is 723 g/mol. The van der Waals surface area contributed by atoms with E-state index in [-0.39, 0.29) is 29.4 Å². The molecule has 0 aliphatic rings. The van der Waals surface area contributed by atoms with Gasteiger partial charge in [0.05, 0.1) is 37.0 Å². The first-order valence-corrected chi connectivity index (χ1v) is 21.0. The second-order valence-corrected chi connectivity index (χ2v) is 20.8. The van der Waals surface area contributed by atoms with Crippen LogP contribution in [0.5, 0.6) is 0 Å². The summed E-state index contributed by atoms with van der Waals surface area (Å²) < 4.78 is 47.3. The minimum absolute atomic E-state index is 0.0148. The number of carbonyl (C=O) groups is 1. The molecule has 0 fully saturated rings. The first kappa shape index (κ1) is 38.0. The van der Waals surface area contributed by atoms with Crippen molar-refractivity contribution in [2.75, 3.05) is 20.4 Å². The fraction of sp³-hybridized carbons (Fsp3) is 0.286. The van der Waals surface area contributed by atoms with Gasteiger partial charge >= 0.3 is 5.97 Å². The number of hydrogen-bond donors (Lipinski definition) is 0. The number of rotatable bonds is 13. The Balaban J connectivity index is 1.65. The summed E-state index contributed by atoms with van der Waals surface area (Å²) in [5, 5.41) is 2.58. The van der Waals surface area contributed by atoms with Gasteiger partial charge in [-0.1, -0.05) is 126 Å². The van der Waals surface area contributed by atoms with Crippen molar-refractivity contribution in [1.82, 2.24) is 4.98 Å². The number of halogens is 1. The van der Waals surface area contributed by atoms with Crippen molar-refractivity contribution in [2.45, 2.75) is 58.1 Å². The van der Waals surface area contributed by atoms with Gasteiger partial charge in [0.15, 0.2) is 0 Å². The molecule has 9 heteroatoms. The van der Waals surface area contributed by atoms with E-state index in [9.17, 15) is 13.8 Å². The molecule has 1 unspecified atom stereocenters. The highest BCUT2D eigenvalue weighted by molar-refractivity contribution is 7.62. The van der Waals surface area contributed by atoms with Crippen molar-refractivity contribution in [2.24, 2.45) is 0 Å². The highest BCUT2D eigenvalue weighted by Gasteiger charge is 2.52. The lowest BCUT2D eigenvalue weighted by molar-refractivity contribution is -0.142. The summed E-state index contributed by atoms with van der Waals surface area (Å²) in [6.45, 7) is 10.6. The molecule has 5 rings (SSSR count). The van der Waals surface area contributed by atoms with Crippen molar-refractivity contribution in [3.05, 3.63) is 132 Å². The number of hydrogen-bond acceptors (Lipinski definition) is 6. The number of pyridine rings is 1. The molecule has 4 aromatic carbocycles. The van der Waals surface area contributed by atoms with Gasteiger partial charge in [-0.25, -0.2) is 4.39 Å². The number of nitrogens with zero attached hydrogens (tertiary/aromatic N) is 1. The van der Waals surface area contributed by atoms with Crippen molar-refractivity contribution < 1.29 is 27.4 Å². The summed E-state index contributed by atoms with van der Waals surface area (Å²) in [7, 11) is -4.01. The van der Waals surface area contributed by atoms with Gasteiger partial charge < -0.3 is 13.7 Å². The third-order valence-corrected chi connectivity index (χ3v) is 16.5. The van der Waals surface area contributed by atoms with Crippen LogP contribution in [0.15, 0.2) is 115 Å². The van der Waals surface area contributed by atoms with Crippen molar-refractivity contribution in [3.8, 4) is 11.1 Å². The maximum absolute atomic E-state index is 14.9. The topological polar surface area (TPSA) is 74.7 Å². The van der Waals surface area contributed by atoms with Crippen LogP contribution in [0.3, 0.4) is 0 Å². The Labute approximate surface area is 302 Å². The lowest BCUT2D eigenvalue weighted by atomic mass is 9.91. The molecule has 0 saturated carbocycles. The van der Waals surface area contributed by atoms with E-state index in [1.165, 1.54) is 26.4 Å². The molecule has 5 aromatic rings. The van der Waals surface area contributed by atoms with E-state index in [0.29, 0.717) is 0 Å². The Hall–Kier alpha value is -4.20. The maximum atomic E-state index is 14.9. The number of aromatic nitrogens is 1. The number of ether oxygens (including phenoxy) is 1. The van der Waals surface area contributed by atoms with Crippen molar-refractivity contribution in [1.29, 1.82) is 0 Å². The van der Waals surface area contributed by atoms with E-state index >= 15 is 0 Å². The van der Waals surface area contributed by atoms with E-state index in [4.69, 9.17) is 18.7 Å². The predicted molar refractivity (Wildman–Crippen MR) is 209 cm³/mol. The normalized spacial score (nSPS) is 14.1. The molecule has 0 saturated heterocycles. The summed E-state index contributed by atoms with van der Waals surface area (Å²) in [5.41, 5.74) is 4.05. The quantitative estimate of drug-likeness (QED) is 0.0685. The standard InChI is InChI=1S/C42H47FNO5PSi/c1-30(2)41-37(40(31-22-24-32(43)25-23-31)36-20-14-15-21-38(36)44-41)26-27-50(46,48-7)29-33(28-39(45)47-6)49-51(42(3,4)5,34-16-10-8-11-17-34)35-18-12-9-13-19-35/h8-27,30,33H,28-29H2,1-7H3/b27-26+/t33-,50?/m0/s1. The molecule has 0 N–H and O–H groups in total. The average molecular weight is 724 g/mol. The van der Waals surface area contributed by atoms with Gasteiger partial charge in [0, 0.05) is 29.4 Å². The highest BCUT2D eigenvalue weighted by Crippen LogP contribution is 2.51. The van der Waals surface area contributed by atoms with Crippen molar-refractivity contribution >= 4 is 49.0 Å². The molecule has 1 aromatic heterocycles. The van der Waals surface area contributed by atoms with Crippen LogP contribution < -0.4 is 10.4 Å². The smallest absolute Gasteiger partial charge is 0.308 e. The zero-order valence-corrected chi connectivity index (χ0v) is 32.3. The second-order valence-electron chi connectivity index (χ2n) is 14.1.